The van der Waals surface area contributed by atoms with E-state index in [9.17, 15) is 24.3 Å². The number of rotatable bonds is 7. The van der Waals surface area contributed by atoms with Crippen molar-refractivity contribution in [1.82, 2.24) is 14.9 Å². The van der Waals surface area contributed by atoms with Crippen LogP contribution in [0.3, 0.4) is 0 Å². The molecule has 0 aliphatic heterocycles. The number of carboxylic acid groups (broad SMARTS) is 1. The Labute approximate surface area is 164 Å². The van der Waals surface area contributed by atoms with E-state index in [1.807, 2.05) is 0 Å². The molecule has 0 fully saturated rings. The summed E-state index contributed by atoms with van der Waals surface area (Å²) in [5.74, 6) is -2.58. The van der Waals surface area contributed by atoms with Crippen LogP contribution in [0.1, 0.15) is 11.6 Å². The molecular weight excluding hydrogens is 378 g/mol. The molecule has 1 aromatic heterocycles. The topological polar surface area (TPSA) is 144 Å². The molecule has 1 heterocycles. The monoisotopic (exact) mass is 396 g/mol. The highest BCUT2D eigenvalue weighted by atomic mass is 16.4. The first-order valence-electron chi connectivity index (χ1n) is 8.82. The number of aliphatic hydroxyl groups excluding tert-OH is 1. The van der Waals surface area contributed by atoms with Gasteiger partial charge in [0.25, 0.3) is 5.56 Å². The van der Waals surface area contributed by atoms with Gasteiger partial charge in [-0.2, -0.15) is 0 Å². The van der Waals surface area contributed by atoms with Crippen molar-refractivity contribution < 1.29 is 19.8 Å². The number of nitrogens with one attached hydrogen (secondary N) is 2. The SMILES string of the molecule is O=C([O-])[C@H](CO)NC(=O)[C@H](Cc1ccccc1)n1c(=O)[nH]c2ccccc2c1=O. The van der Waals surface area contributed by atoms with Crippen LogP contribution in [0.4, 0.5) is 0 Å². The van der Waals surface area contributed by atoms with Crippen LogP contribution in [0.5, 0.6) is 0 Å². The van der Waals surface area contributed by atoms with Gasteiger partial charge in [-0.05, 0) is 17.7 Å². The predicted octanol–water partition coefficient (Wildman–Crippen LogP) is -1.30. The summed E-state index contributed by atoms with van der Waals surface area (Å²) in [6, 6.07) is 12.0. The minimum atomic E-state index is -1.68. The molecule has 150 valence electrons. The maximum atomic E-state index is 13.0. The Morgan fingerprint density at radius 2 is 1.72 bits per heavy atom. The highest BCUT2D eigenvalue weighted by Crippen LogP contribution is 2.14. The van der Waals surface area contributed by atoms with Crippen LogP contribution in [0.15, 0.2) is 64.2 Å². The van der Waals surface area contributed by atoms with Crippen molar-refractivity contribution in [3.63, 3.8) is 0 Å². The molecule has 9 heteroatoms. The summed E-state index contributed by atoms with van der Waals surface area (Å²) >= 11 is 0. The Kier molecular flexibility index (Phi) is 5.89. The van der Waals surface area contributed by atoms with Crippen LogP contribution in [-0.4, -0.2) is 39.2 Å². The van der Waals surface area contributed by atoms with Gasteiger partial charge in [0.05, 0.1) is 29.5 Å². The molecule has 3 aromatic rings. The van der Waals surface area contributed by atoms with Gasteiger partial charge in [-0.1, -0.05) is 42.5 Å². The van der Waals surface area contributed by atoms with Gasteiger partial charge < -0.3 is 25.3 Å². The van der Waals surface area contributed by atoms with Crippen molar-refractivity contribution in [2.75, 3.05) is 6.61 Å². The van der Waals surface area contributed by atoms with Gasteiger partial charge in [-0.25, -0.2) is 9.36 Å². The van der Waals surface area contributed by atoms with Gasteiger partial charge >= 0.3 is 5.69 Å². The Morgan fingerprint density at radius 3 is 2.38 bits per heavy atom. The average molecular weight is 396 g/mol. The highest BCUT2D eigenvalue weighted by molar-refractivity contribution is 5.86. The summed E-state index contributed by atoms with van der Waals surface area (Å²) in [5, 5.41) is 22.6. The first kappa shape index (κ1) is 20.0. The lowest BCUT2D eigenvalue weighted by Gasteiger charge is -2.23. The number of carbonyl (C=O) groups excluding carboxylic acids is 2. The third-order valence-electron chi connectivity index (χ3n) is 4.51. The summed E-state index contributed by atoms with van der Waals surface area (Å²) in [6.45, 7) is -0.894. The fourth-order valence-electron chi connectivity index (χ4n) is 3.04. The van der Waals surface area contributed by atoms with Gasteiger partial charge in [-0.15, -0.1) is 0 Å². The number of nitrogens with zero attached hydrogens (tertiary/aromatic N) is 1. The molecule has 2 atom stereocenters. The van der Waals surface area contributed by atoms with Gasteiger partial charge in [0.2, 0.25) is 5.91 Å². The minimum absolute atomic E-state index is 0.0425. The van der Waals surface area contributed by atoms with Crippen LogP contribution in [0.25, 0.3) is 10.9 Å². The lowest BCUT2D eigenvalue weighted by molar-refractivity contribution is -0.309. The zero-order chi connectivity index (χ0) is 21.0. The molecule has 3 N–H and O–H groups in total. The van der Waals surface area contributed by atoms with E-state index in [0.29, 0.717) is 11.1 Å². The van der Waals surface area contributed by atoms with E-state index in [4.69, 9.17) is 5.11 Å². The summed E-state index contributed by atoms with van der Waals surface area (Å²) in [6.07, 6.45) is -0.0425. The number of carboxylic acids is 1. The molecule has 9 nitrogen and oxygen atoms in total. The molecule has 29 heavy (non-hydrogen) atoms. The smallest absolute Gasteiger partial charge is 0.329 e. The second-order valence-electron chi connectivity index (χ2n) is 6.42. The van der Waals surface area contributed by atoms with Crippen molar-refractivity contribution in [1.29, 1.82) is 0 Å². The van der Waals surface area contributed by atoms with Crippen LogP contribution in [0.2, 0.25) is 0 Å². The normalized spacial score (nSPS) is 13.0. The Hall–Kier alpha value is -3.72. The molecule has 0 aliphatic rings. The fraction of sp³-hybridized carbons (Fsp3) is 0.200. The lowest BCUT2D eigenvalue weighted by Crippen LogP contribution is -2.54. The molecule has 0 unspecified atom stereocenters. The van der Waals surface area contributed by atoms with Crippen molar-refractivity contribution >= 4 is 22.8 Å². The number of hydrogen-bond acceptors (Lipinski definition) is 6. The number of benzene rings is 2. The summed E-state index contributed by atoms with van der Waals surface area (Å²) in [5.41, 5.74) is -0.519. The largest absolute Gasteiger partial charge is 0.548 e. The number of aliphatic carboxylic acids is 1. The Bertz CT molecular complexity index is 1150. The zero-order valence-electron chi connectivity index (χ0n) is 15.2. The Balaban J connectivity index is 2.11. The van der Waals surface area contributed by atoms with E-state index < -0.39 is 41.8 Å². The van der Waals surface area contributed by atoms with E-state index in [-0.39, 0.29) is 11.8 Å². The van der Waals surface area contributed by atoms with Crippen LogP contribution < -0.4 is 21.7 Å². The summed E-state index contributed by atoms with van der Waals surface area (Å²) < 4.78 is 0.758. The second kappa shape index (κ2) is 8.53. The fourth-order valence-corrected chi connectivity index (χ4v) is 3.04. The molecular formula is C20H18N3O6-. The molecule has 0 saturated heterocycles. The van der Waals surface area contributed by atoms with Crippen molar-refractivity contribution in [3.8, 4) is 0 Å². The maximum Gasteiger partial charge on any atom is 0.329 e. The number of aliphatic hydroxyl groups is 1. The molecule has 0 radical (unpaired) electrons. The molecule has 0 bridgehead atoms. The second-order valence-corrected chi connectivity index (χ2v) is 6.42. The van der Waals surface area contributed by atoms with Crippen LogP contribution in [-0.2, 0) is 16.0 Å². The highest BCUT2D eigenvalue weighted by Gasteiger charge is 2.27. The van der Waals surface area contributed by atoms with Crippen molar-refractivity contribution in [3.05, 3.63) is 81.0 Å². The summed E-state index contributed by atoms with van der Waals surface area (Å²) in [4.78, 5) is 52.1. The molecule has 0 saturated carbocycles. The number of para-hydroxylation sites is 1. The van der Waals surface area contributed by atoms with E-state index in [1.54, 1.807) is 48.5 Å². The average Bonchev–Trinajstić information content (AvgIpc) is 2.71. The number of hydrogen-bond donors (Lipinski definition) is 3. The molecule has 1 amide bonds. The molecule has 0 spiro atoms. The van der Waals surface area contributed by atoms with E-state index in [2.05, 4.69) is 10.3 Å². The number of fused-ring (bicyclic) bond motifs is 1. The standard InChI is InChI=1S/C20H19N3O6/c24-11-15(19(27)28)21-17(25)16(10-12-6-2-1-3-7-12)23-18(26)13-8-4-5-9-14(13)22-20(23)29/h1-9,15-16,24H,10-11H2,(H,21,25)(H,22,29)(H,27,28)/p-1/t15-,16-/m0/s1. The number of H-pyrrole nitrogens is 1. The van der Waals surface area contributed by atoms with E-state index in [1.165, 1.54) is 6.07 Å². The third kappa shape index (κ3) is 4.25. The van der Waals surface area contributed by atoms with Gasteiger partial charge in [0.1, 0.15) is 6.04 Å². The van der Waals surface area contributed by atoms with Crippen molar-refractivity contribution in [2.24, 2.45) is 0 Å². The third-order valence-corrected chi connectivity index (χ3v) is 4.51. The minimum Gasteiger partial charge on any atom is -0.548 e. The summed E-state index contributed by atoms with van der Waals surface area (Å²) in [7, 11) is 0. The molecule has 0 aliphatic carbocycles. The van der Waals surface area contributed by atoms with Crippen LogP contribution in [0, 0.1) is 0 Å². The molecule has 2 aromatic carbocycles. The first-order chi connectivity index (χ1) is 13.9. The van der Waals surface area contributed by atoms with Gasteiger partial charge in [0, 0.05) is 6.42 Å². The zero-order valence-corrected chi connectivity index (χ0v) is 15.2. The van der Waals surface area contributed by atoms with E-state index in [0.717, 1.165) is 4.57 Å². The van der Waals surface area contributed by atoms with Gasteiger partial charge in [-0.3, -0.25) is 9.59 Å². The lowest BCUT2D eigenvalue weighted by atomic mass is 10.0. The van der Waals surface area contributed by atoms with Gasteiger partial charge in [0.15, 0.2) is 0 Å². The number of amides is 1. The predicted molar refractivity (Wildman–Crippen MR) is 102 cm³/mol. The molecule has 3 rings (SSSR count). The first-order valence-corrected chi connectivity index (χ1v) is 8.82. The number of aromatic amines is 1. The van der Waals surface area contributed by atoms with Crippen molar-refractivity contribution in [2.45, 2.75) is 18.5 Å². The quantitative estimate of drug-likeness (QED) is 0.453. The number of aromatic nitrogens is 2. The number of carbonyl (C=O) groups is 2. The Morgan fingerprint density at radius 1 is 1.07 bits per heavy atom. The van der Waals surface area contributed by atoms with E-state index >= 15 is 0 Å². The van der Waals surface area contributed by atoms with Crippen LogP contribution >= 0.6 is 0 Å². The maximum absolute atomic E-state index is 13.0.